The number of rotatable bonds is 0. The molecule has 0 aliphatic heterocycles. The molecule has 0 aromatic carbocycles. The molecule has 0 saturated heterocycles. The Kier molecular flexibility index (Phi) is 167. The minimum atomic E-state index is 0. The summed E-state index contributed by atoms with van der Waals surface area (Å²) in [6, 6.07) is 0. The van der Waals surface area contributed by atoms with Gasteiger partial charge in [-0.25, -0.2) is 0 Å². The van der Waals surface area contributed by atoms with Crippen molar-refractivity contribution in [2.24, 2.45) is 0 Å². The Labute approximate surface area is 126 Å². The van der Waals surface area contributed by atoms with E-state index in [9.17, 15) is 0 Å². The van der Waals surface area contributed by atoms with Gasteiger partial charge in [-0.3, -0.25) is 0 Å². The first-order valence-electron chi connectivity index (χ1n) is 0. The Hall–Kier alpha value is 4.25. The second-order valence-corrected chi connectivity index (χ2v) is 0. The SMILES string of the molecule is [Ca].[Cd].[Fe].[Pb].[Zn]. The van der Waals surface area contributed by atoms with Crippen molar-refractivity contribution in [3.05, 3.63) is 0 Å². The first-order chi connectivity index (χ1) is 0. The maximum Gasteiger partial charge on any atom is 0 e. The quantitative estimate of drug-likeness (QED) is 0.400. The van der Waals surface area contributed by atoms with Gasteiger partial charge in [-0.1, -0.05) is 0 Å². The summed E-state index contributed by atoms with van der Waals surface area (Å²) in [7, 11) is 0. The van der Waals surface area contributed by atoms with E-state index in [1.165, 1.54) is 0 Å². The molecule has 0 rings (SSSR count). The summed E-state index contributed by atoms with van der Waals surface area (Å²) < 4.78 is 0. The van der Waals surface area contributed by atoms with Crippen LogP contribution in [0.1, 0.15) is 0 Å². The van der Waals surface area contributed by atoms with Crippen LogP contribution in [-0.2, 0) is 63.8 Å². The molecular weight excluding hydrogens is 481 g/mol. The van der Waals surface area contributed by atoms with Crippen molar-refractivity contribution in [1.29, 1.82) is 0 Å². The fourth-order valence-corrected chi connectivity index (χ4v) is 0. The molecule has 0 aromatic rings. The van der Waals surface area contributed by atoms with Gasteiger partial charge in [0, 0.05) is 129 Å². The van der Waals surface area contributed by atoms with E-state index in [1.54, 1.807) is 0 Å². The Morgan fingerprint density at radius 3 is 1.00 bits per heavy atom. The van der Waals surface area contributed by atoms with E-state index >= 15 is 0 Å². The van der Waals surface area contributed by atoms with Crippen molar-refractivity contribution >= 4 is 65.0 Å². The molecule has 0 saturated carbocycles. The van der Waals surface area contributed by atoms with Gasteiger partial charge < -0.3 is 0 Å². The topological polar surface area (TPSA) is 0 Å². The first-order valence-corrected chi connectivity index (χ1v) is 0. The molecule has 5 heavy (non-hydrogen) atoms. The maximum absolute atomic E-state index is 0. The Morgan fingerprint density at radius 1 is 1.00 bits per heavy atom. The van der Waals surface area contributed by atoms with Crippen molar-refractivity contribution in [3.8, 4) is 0 Å². The predicted octanol–water partition coefficient (Wildman–Crippen LogP) is -0.769. The zero-order valence-electron chi connectivity index (χ0n) is 2.97. The number of hydrogen-bond donors (Lipinski definition) is 0. The van der Waals surface area contributed by atoms with E-state index in [-0.39, 0.29) is 129 Å². The van der Waals surface area contributed by atoms with Crippen molar-refractivity contribution in [2.45, 2.75) is 0 Å². The zero-order chi connectivity index (χ0) is 0. The van der Waals surface area contributed by atoms with Gasteiger partial charge in [0.2, 0.25) is 0 Å². The first kappa shape index (κ1) is 34.9. The van der Waals surface area contributed by atoms with Gasteiger partial charge in [0.05, 0.1) is 0 Å². The van der Waals surface area contributed by atoms with Crippen LogP contribution in [-0.4, -0.2) is 65.0 Å². The summed E-state index contributed by atoms with van der Waals surface area (Å²) in [5, 5.41) is 0. The fraction of sp³-hybridized carbons (Fsp3) is 0. The minimum Gasteiger partial charge on any atom is 0 e. The Bertz CT molecular complexity index is 11.6. The van der Waals surface area contributed by atoms with Gasteiger partial charge in [0.1, 0.15) is 0 Å². The molecule has 0 nitrogen and oxygen atoms in total. The molecular formula is CaCdFePbZn. The van der Waals surface area contributed by atoms with Gasteiger partial charge in [-0.15, -0.1) is 0 Å². The predicted molar refractivity (Wildman–Crippen MR) is 11.5 cm³/mol. The van der Waals surface area contributed by atoms with Gasteiger partial charge in [0.15, 0.2) is 0 Å². The summed E-state index contributed by atoms with van der Waals surface area (Å²) in [5.41, 5.74) is 0. The van der Waals surface area contributed by atoms with Crippen molar-refractivity contribution < 1.29 is 63.8 Å². The van der Waals surface area contributed by atoms with Crippen molar-refractivity contribution in [2.75, 3.05) is 0 Å². The van der Waals surface area contributed by atoms with Gasteiger partial charge in [-0.2, -0.15) is 0 Å². The average Bonchev–Trinajstić information content (AvgIpc) is 0. The average molecular weight is 481 g/mol. The third-order valence-corrected chi connectivity index (χ3v) is 0. The normalized spacial score (nSPS) is 0. The second kappa shape index (κ2) is 24.0. The molecule has 0 aliphatic carbocycles. The van der Waals surface area contributed by atoms with Crippen molar-refractivity contribution in [3.63, 3.8) is 0 Å². The van der Waals surface area contributed by atoms with E-state index in [0.717, 1.165) is 0 Å². The molecule has 0 bridgehead atoms. The molecule has 0 heterocycles. The molecule has 0 fully saturated rings. The zero-order valence-corrected chi connectivity index (χ0v) is 17.2. The molecule has 18 valence electrons. The molecule has 0 atom stereocenters. The number of hydrogen-bond acceptors (Lipinski definition) is 0. The summed E-state index contributed by atoms with van der Waals surface area (Å²) in [5.74, 6) is 0. The molecule has 0 amide bonds. The summed E-state index contributed by atoms with van der Waals surface area (Å²) in [6.45, 7) is 0. The molecule has 0 aliphatic rings. The third-order valence-electron chi connectivity index (χ3n) is 0. The van der Waals surface area contributed by atoms with Crippen LogP contribution in [0.5, 0.6) is 0 Å². The fourth-order valence-electron chi connectivity index (χ4n) is 0. The second-order valence-electron chi connectivity index (χ2n) is 0. The van der Waals surface area contributed by atoms with Gasteiger partial charge in [-0.05, 0) is 0 Å². The van der Waals surface area contributed by atoms with Crippen LogP contribution in [0.3, 0.4) is 0 Å². The van der Waals surface area contributed by atoms with E-state index in [0.29, 0.717) is 0 Å². The van der Waals surface area contributed by atoms with Crippen LogP contribution in [0.25, 0.3) is 0 Å². The Morgan fingerprint density at radius 2 is 1.00 bits per heavy atom. The van der Waals surface area contributed by atoms with Crippen molar-refractivity contribution in [1.82, 2.24) is 0 Å². The summed E-state index contributed by atoms with van der Waals surface area (Å²) >= 11 is 0. The van der Waals surface area contributed by atoms with E-state index < -0.39 is 0 Å². The molecule has 0 unspecified atom stereocenters. The monoisotopic (exact) mass is 482 g/mol. The van der Waals surface area contributed by atoms with Crippen LogP contribution in [0.2, 0.25) is 0 Å². The van der Waals surface area contributed by atoms with Crippen LogP contribution in [0, 0.1) is 0 Å². The van der Waals surface area contributed by atoms with Gasteiger partial charge >= 0.3 is 0 Å². The molecule has 0 spiro atoms. The smallest absolute Gasteiger partial charge is 0 e. The van der Waals surface area contributed by atoms with E-state index in [2.05, 4.69) is 0 Å². The van der Waals surface area contributed by atoms with E-state index in [1.807, 2.05) is 0 Å². The summed E-state index contributed by atoms with van der Waals surface area (Å²) in [6.07, 6.45) is 0. The van der Waals surface area contributed by atoms with E-state index in [4.69, 9.17) is 0 Å². The summed E-state index contributed by atoms with van der Waals surface area (Å²) in [4.78, 5) is 0. The molecule has 0 N–H and O–H groups in total. The van der Waals surface area contributed by atoms with Crippen LogP contribution in [0.4, 0.5) is 0 Å². The third kappa shape index (κ3) is 17.8. The Balaban J connectivity index is 0. The standard InChI is InChI=1S/Ca.Cd.Fe.Pb.Zn. The largest absolute Gasteiger partial charge is 0 e. The minimum absolute atomic E-state index is 0. The molecule has 6 radical (unpaired) electrons. The molecule has 0 aromatic heterocycles. The van der Waals surface area contributed by atoms with Gasteiger partial charge in [0.25, 0.3) is 0 Å². The van der Waals surface area contributed by atoms with Crippen LogP contribution >= 0.6 is 0 Å². The molecule has 5 heteroatoms. The van der Waals surface area contributed by atoms with Crippen LogP contribution in [0.15, 0.2) is 0 Å². The van der Waals surface area contributed by atoms with Crippen LogP contribution < -0.4 is 0 Å². The maximum atomic E-state index is 0.